The van der Waals surface area contributed by atoms with Crippen LogP contribution in [0.5, 0.6) is 5.75 Å². The van der Waals surface area contributed by atoms with E-state index in [-0.39, 0.29) is 30.0 Å². The molecule has 0 aromatic heterocycles. The third kappa shape index (κ3) is 6.18. The zero-order valence-electron chi connectivity index (χ0n) is 13.1. The molecule has 5 heteroatoms. The first-order valence-electron chi connectivity index (χ1n) is 7.61. The van der Waals surface area contributed by atoms with Gasteiger partial charge in [0, 0.05) is 6.42 Å². The van der Waals surface area contributed by atoms with E-state index in [2.05, 4.69) is 5.32 Å². The van der Waals surface area contributed by atoms with E-state index in [1.807, 2.05) is 13.0 Å². The van der Waals surface area contributed by atoms with E-state index in [1.54, 1.807) is 30.3 Å². The maximum Gasteiger partial charge on any atom is 0.130 e. The van der Waals surface area contributed by atoms with Crippen LogP contribution < -0.4 is 17.7 Å². The Bertz CT molecular complexity index is 592. The predicted octanol–water partition coefficient (Wildman–Crippen LogP) is -0.847. The molecule has 0 fully saturated rings. The third-order valence-corrected chi connectivity index (χ3v) is 3.83. The second-order valence-electron chi connectivity index (χ2n) is 5.65. The maximum absolute atomic E-state index is 12.8. The summed E-state index contributed by atoms with van der Waals surface area (Å²) in [6, 6.07) is 13.3. The number of rotatable bonds is 7. The predicted molar refractivity (Wildman–Crippen MR) is 84.0 cm³/mol. The van der Waals surface area contributed by atoms with E-state index in [4.69, 9.17) is 0 Å². The van der Waals surface area contributed by atoms with Gasteiger partial charge < -0.3 is 27.9 Å². The molecule has 0 saturated heterocycles. The van der Waals surface area contributed by atoms with Gasteiger partial charge in [-0.05, 0) is 48.7 Å². The van der Waals surface area contributed by atoms with Gasteiger partial charge in [-0.3, -0.25) is 0 Å². The van der Waals surface area contributed by atoms with E-state index in [1.165, 1.54) is 12.1 Å². The van der Waals surface area contributed by atoms with Crippen molar-refractivity contribution in [1.82, 2.24) is 0 Å². The number of nitrogens with two attached hydrogens (primary N) is 1. The Balaban J connectivity index is 0.00000264. The first kappa shape index (κ1) is 19.4. The monoisotopic (exact) mass is 339 g/mol. The van der Waals surface area contributed by atoms with Crippen LogP contribution in [0.25, 0.3) is 0 Å². The lowest BCUT2D eigenvalue weighted by Gasteiger charge is -2.18. The number of halogens is 2. The number of hydrogen-bond donors (Lipinski definition) is 3. The van der Waals surface area contributed by atoms with Gasteiger partial charge in [-0.1, -0.05) is 24.3 Å². The zero-order valence-corrected chi connectivity index (χ0v) is 13.9. The highest BCUT2D eigenvalue weighted by Crippen LogP contribution is 2.19. The summed E-state index contributed by atoms with van der Waals surface area (Å²) in [5.41, 5.74) is 1.85. The minimum atomic E-state index is -0.613. The molecule has 2 rings (SSSR count). The van der Waals surface area contributed by atoms with Gasteiger partial charge in [0.05, 0.1) is 6.54 Å². The van der Waals surface area contributed by atoms with Gasteiger partial charge in [-0.25, -0.2) is 4.39 Å². The van der Waals surface area contributed by atoms with Crippen LogP contribution in [0.15, 0.2) is 48.5 Å². The lowest BCUT2D eigenvalue weighted by Crippen LogP contribution is -3.00. The third-order valence-electron chi connectivity index (χ3n) is 3.83. The molecule has 0 saturated carbocycles. The Morgan fingerprint density at radius 3 is 2.48 bits per heavy atom. The van der Waals surface area contributed by atoms with Crippen molar-refractivity contribution >= 4 is 0 Å². The Hall–Kier alpha value is -1.62. The molecule has 0 spiro atoms. The summed E-state index contributed by atoms with van der Waals surface area (Å²) < 4.78 is 12.8. The number of aryl methyl sites for hydroxylation is 1. The van der Waals surface area contributed by atoms with Gasteiger partial charge in [0.1, 0.15) is 23.7 Å². The van der Waals surface area contributed by atoms with E-state index in [0.717, 1.165) is 30.5 Å². The van der Waals surface area contributed by atoms with E-state index < -0.39 is 6.10 Å². The zero-order chi connectivity index (χ0) is 15.9. The van der Waals surface area contributed by atoms with Gasteiger partial charge >= 0.3 is 0 Å². The van der Waals surface area contributed by atoms with Gasteiger partial charge in [-0.15, -0.1) is 0 Å². The second-order valence-corrected chi connectivity index (χ2v) is 5.65. The SMILES string of the molecule is CC([NH2+]CCCc1ccc(F)cc1)C(O)c1cccc(O)c1.[Cl-]. The molecule has 4 N–H and O–H groups in total. The van der Waals surface area contributed by atoms with Crippen molar-refractivity contribution in [3.05, 3.63) is 65.5 Å². The van der Waals surface area contributed by atoms with Crippen molar-refractivity contribution < 1.29 is 32.3 Å². The summed E-state index contributed by atoms with van der Waals surface area (Å²) in [6.45, 7) is 2.85. The molecule has 126 valence electrons. The summed E-state index contributed by atoms with van der Waals surface area (Å²) in [4.78, 5) is 0. The highest BCUT2D eigenvalue weighted by Gasteiger charge is 2.19. The summed E-state index contributed by atoms with van der Waals surface area (Å²) in [6.07, 6.45) is 1.24. The van der Waals surface area contributed by atoms with Crippen molar-refractivity contribution in [3.63, 3.8) is 0 Å². The molecule has 0 radical (unpaired) electrons. The van der Waals surface area contributed by atoms with Crippen molar-refractivity contribution in [3.8, 4) is 5.75 Å². The molecule has 2 atom stereocenters. The summed E-state index contributed by atoms with van der Waals surface area (Å²) in [7, 11) is 0. The lowest BCUT2D eigenvalue weighted by molar-refractivity contribution is -0.694. The summed E-state index contributed by atoms with van der Waals surface area (Å²) >= 11 is 0. The molecule has 0 aliphatic heterocycles. The van der Waals surface area contributed by atoms with Gasteiger partial charge in [0.15, 0.2) is 0 Å². The van der Waals surface area contributed by atoms with Crippen LogP contribution in [-0.4, -0.2) is 22.8 Å². The molecule has 2 unspecified atom stereocenters. The lowest BCUT2D eigenvalue weighted by atomic mass is 10.0. The number of aliphatic hydroxyl groups excluding tert-OH is 1. The fourth-order valence-corrected chi connectivity index (χ4v) is 2.48. The Labute approximate surface area is 142 Å². The average molecular weight is 340 g/mol. The Morgan fingerprint density at radius 2 is 1.83 bits per heavy atom. The van der Waals surface area contributed by atoms with E-state index in [0.29, 0.717) is 0 Å². The molecule has 23 heavy (non-hydrogen) atoms. The van der Waals surface area contributed by atoms with Crippen LogP contribution in [0, 0.1) is 5.82 Å². The number of aliphatic hydroxyl groups is 1. The number of aromatic hydroxyl groups is 1. The topological polar surface area (TPSA) is 57.1 Å². The summed E-state index contributed by atoms with van der Waals surface area (Å²) in [5, 5.41) is 21.8. The largest absolute Gasteiger partial charge is 1.00 e. The molecule has 0 aliphatic rings. The first-order chi connectivity index (χ1) is 10.6. The second kappa shape index (κ2) is 9.50. The fraction of sp³-hybridized carbons (Fsp3) is 0.333. The fourth-order valence-electron chi connectivity index (χ4n) is 2.48. The molecule has 0 aliphatic carbocycles. The minimum absolute atomic E-state index is 0. The number of quaternary nitrogens is 1. The van der Waals surface area contributed by atoms with Gasteiger partial charge in [-0.2, -0.15) is 0 Å². The van der Waals surface area contributed by atoms with Crippen molar-refractivity contribution in [2.45, 2.75) is 31.9 Å². The minimum Gasteiger partial charge on any atom is -1.00 e. The van der Waals surface area contributed by atoms with Gasteiger partial charge in [0.25, 0.3) is 0 Å². The normalized spacial score (nSPS) is 13.2. The molecule has 0 bridgehead atoms. The van der Waals surface area contributed by atoms with Crippen LogP contribution in [0.3, 0.4) is 0 Å². The number of benzene rings is 2. The molecule has 3 nitrogen and oxygen atoms in total. The quantitative estimate of drug-likeness (QED) is 0.576. The van der Waals surface area contributed by atoms with Crippen LogP contribution in [-0.2, 0) is 6.42 Å². The number of phenolic OH excluding ortho intramolecular Hbond substituents is 1. The molecular weight excluding hydrogens is 317 g/mol. The van der Waals surface area contributed by atoms with Crippen LogP contribution >= 0.6 is 0 Å². The molecule has 0 heterocycles. The molecule has 0 amide bonds. The highest BCUT2D eigenvalue weighted by molar-refractivity contribution is 5.28. The molecular formula is C18H23ClFNO2. The van der Waals surface area contributed by atoms with Crippen molar-refractivity contribution in [1.29, 1.82) is 0 Å². The smallest absolute Gasteiger partial charge is 0.130 e. The summed E-state index contributed by atoms with van der Waals surface area (Å²) in [5.74, 6) is -0.0433. The first-order valence-corrected chi connectivity index (χ1v) is 7.61. The van der Waals surface area contributed by atoms with E-state index >= 15 is 0 Å². The molecule has 2 aromatic rings. The van der Waals surface area contributed by atoms with Crippen LogP contribution in [0.4, 0.5) is 4.39 Å². The van der Waals surface area contributed by atoms with Gasteiger partial charge in [0.2, 0.25) is 0 Å². The average Bonchev–Trinajstić information content (AvgIpc) is 2.52. The maximum atomic E-state index is 12.8. The Morgan fingerprint density at radius 1 is 1.13 bits per heavy atom. The van der Waals surface area contributed by atoms with Crippen LogP contribution in [0.1, 0.15) is 30.6 Å². The standard InChI is InChI=1S/C18H22FNO2.ClH/c1-13(18(22)15-5-2-6-17(21)12-15)20-11-3-4-14-7-9-16(19)10-8-14;/h2,5-10,12-13,18,20-22H,3-4,11H2,1H3;1H. The number of hydrogen-bond acceptors (Lipinski definition) is 2. The number of phenols is 1. The van der Waals surface area contributed by atoms with Crippen LogP contribution in [0.2, 0.25) is 0 Å². The Kier molecular flexibility index (Phi) is 8.03. The van der Waals surface area contributed by atoms with E-state index in [9.17, 15) is 14.6 Å². The molecule has 2 aromatic carbocycles. The van der Waals surface area contributed by atoms with Crippen molar-refractivity contribution in [2.75, 3.05) is 6.54 Å². The highest BCUT2D eigenvalue weighted by atomic mass is 35.5. The van der Waals surface area contributed by atoms with Crippen molar-refractivity contribution in [2.24, 2.45) is 0 Å².